The zero-order chi connectivity index (χ0) is 10.6. The number of carboxylic acid groups (broad SMARTS) is 1. The van der Waals surface area contributed by atoms with Crippen LogP contribution < -0.4 is 0 Å². The van der Waals surface area contributed by atoms with E-state index in [1.807, 2.05) is 6.08 Å². The van der Waals surface area contributed by atoms with Gasteiger partial charge in [0.15, 0.2) is 5.78 Å². The maximum atomic E-state index is 10.7. The molecule has 1 aliphatic rings. The molecule has 0 bridgehead atoms. The number of rotatable bonds is 4. The van der Waals surface area contributed by atoms with Crippen molar-refractivity contribution in [3.8, 4) is 0 Å². The molecule has 3 heteroatoms. The van der Waals surface area contributed by atoms with Crippen LogP contribution in [0.25, 0.3) is 0 Å². The Labute approximate surface area is 83.8 Å². The number of ketones is 1. The van der Waals surface area contributed by atoms with E-state index in [-0.39, 0.29) is 24.0 Å². The van der Waals surface area contributed by atoms with Crippen molar-refractivity contribution in [3.63, 3.8) is 0 Å². The van der Waals surface area contributed by atoms with Crippen LogP contribution in [0.3, 0.4) is 0 Å². The summed E-state index contributed by atoms with van der Waals surface area (Å²) in [6.45, 7) is 1.51. The van der Waals surface area contributed by atoms with Gasteiger partial charge in [-0.3, -0.25) is 9.59 Å². The number of carboxylic acids is 1. The molecule has 0 aliphatic heterocycles. The van der Waals surface area contributed by atoms with Crippen molar-refractivity contribution in [2.75, 3.05) is 0 Å². The molecule has 14 heavy (non-hydrogen) atoms. The monoisotopic (exact) mass is 196 g/mol. The van der Waals surface area contributed by atoms with E-state index >= 15 is 0 Å². The number of carbonyl (C=O) groups excluding carboxylic acids is 1. The fourth-order valence-electron chi connectivity index (χ4n) is 2.06. The summed E-state index contributed by atoms with van der Waals surface area (Å²) < 4.78 is 0. The Bertz CT molecular complexity index is 255. The second-order valence-corrected chi connectivity index (χ2v) is 3.92. The van der Waals surface area contributed by atoms with Gasteiger partial charge in [0.25, 0.3) is 0 Å². The largest absolute Gasteiger partial charge is 0.481 e. The van der Waals surface area contributed by atoms with Gasteiger partial charge in [-0.05, 0) is 37.7 Å². The SMILES string of the molecule is CC(=O)/C=C/C1CCC[C@@H]1CC(=O)O. The summed E-state index contributed by atoms with van der Waals surface area (Å²) in [4.78, 5) is 21.3. The van der Waals surface area contributed by atoms with E-state index in [1.54, 1.807) is 6.08 Å². The van der Waals surface area contributed by atoms with Crippen LogP contribution in [0.4, 0.5) is 0 Å². The lowest BCUT2D eigenvalue weighted by molar-refractivity contribution is -0.138. The highest BCUT2D eigenvalue weighted by atomic mass is 16.4. The summed E-state index contributed by atoms with van der Waals surface area (Å²) >= 11 is 0. The van der Waals surface area contributed by atoms with Crippen LogP contribution in [0.1, 0.15) is 32.6 Å². The smallest absolute Gasteiger partial charge is 0.303 e. The molecule has 1 aliphatic carbocycles. The van der Waals surface area contributed by atoms with Gasteiger partial charge in [-0.25, -0.2) is 0 Å². The van der Waals surface area contributed by atoms with Crippen molar-refractivity contribution >= 4 is 11.8 Å². The maximum Gasteiger partial charge on any atom is 0.303 e. The Balaban J connectivity index is 2.50. The number of hydrogen-bond donors (Lipinski definition) is 1. The maximum absolute atomic E-state index is 10.7. The molecule has 1 fully saturated rings. The topological polar surface area (TPSA) is 54.4 Å². The van der Waals surface area contributed by atoms with Crippen molar-refractivity contribution in [3.05, 3.63) is 12.2 Å². The molecule has 0 saturated heterocycles. The first-order valence-corrected chi connectivity index (χ1v) is 5.00. The molecule has 1 rings (SSSR count). The molecule has 0 aromatic heterocycles. The molecule has 0 spiro atoms. The summed E-state index contributed by atoms with van der Waals surface area (Å²) in [6, 6.07) is 0. The van der Waals surface area contributed by atoms with E-state index in [4.69, 9.17) is 5.11 Å². The van der Waals surface area contributed by atoms with Gasteiger partial charge in [0, 0.05) is 6.42 Å². The zero-order valence-corrected chi connectivity index (χ0v) is 8.40. The minimum Gasteiger partial charge on any atom is -0.481 e. The third-order valence-electron chi connectivity index (χ3n) is 2.73. The van der Waals surface area contributed by atoms with Crippen LogP contribution in [-0.2, 0) is 9.59 Å². The molecule has 1 saturated carbocycles. The van der Waals surface area contributed by atoms with E-state index in [9.17, 15) is 9.59 Å². The molecular formula is C11H16O3. The lowest BCUT2D eigenvalue weighted by Gasteiger charge is -2.12. The van der Waals surface area contributed by atoms with Gasteiger partial charge in [-0.2, -0.15) is 0 Å². The van der Waals surface area contributed by atoms with Crippen LogP contribution in [-0.4, -0.2) is 16.9 Å². The predicted molar refractivity (Wildman–Crippen MR) is 52.9 cm³/mol. The number of allylic oxidation sites excluding steroid dienone is 2. The van der Waals surface area contributed by atoms with Crippen molar-refractivity contribution in [2.24, 2.45) is 11.8 Å². The van der Waals surface area contributed by atoms with E-state index in [1.165, 1.54) is 6.92 Å². The Hall–Kier alpha value is -1.12. The Morgan fingerprint density at radius 2 is 2.14 bits per heavy atom. The van der Waals surface area contributed by atoms with E-state index in [0.717, 1.165) is 19.3 Å². The van der Waals surface area contributed by atoms with Crippen molar-refractivity contribution in [1.82, 2.24) is 0 Å². The number of hydrogen-bond acceptors (Lipinski definition) is 2. The quantitative estimate of drug-likeness (QED) is 0.700. The summed E-state index contributed by atoms with van der Waals surface area (Å²) in [5.74, 6) is -0.192. The van der Waals surface area contributed by atoms with Crippen LogP contribution in [0.5, 0.6) is 0 Å². The molecule has 0 amide bonds. The van der Waals surface area contributed by atoms with Gasteiger partial charge in [-0.1, -0.05) is 12.5 Å². The Morgan fingerprint density at radius 3 is 2.71 bits per heavy atom. The first-order valence-electron chi connectivity index (χ1n) is 5.00. The summed E-state index contributed by atoms with van der Waals surface area (Å²) in [7, 11) is 0. The first kappa shape index (κ1) is 11.0. The predicted octanol–water partition coefficient (Wildman–Crippen LogP) is 2.02. The molecular weight excluding hydrogens is 180 g/mol. The van der Waals surface area contributed by atoms with Crippen molar-refractivity contribution < 1.29 is 14.7 Å². The Morgan fingerprint density at radius 1 is 1.43 bits per heavy atom. The second kappa shape index (κ2) is 4.94. The summed E-state index contributed by atoms with van der Waals surface area (Å²) in [5.41, 5.74) is 0. The lowest BCUT2D eigenvalue weighted by Crippen LogP contribution is -2.11. The zero-order valence-electron chi connectivity index (χ0n) is 8.40. The normalized spacial score (nSPS) is 26.9. The van der Waals surface area contributed by atoms with E-state index in [2.05, 4.69) is 0 Å². The molecule has 0 aromatic carbocycles. The van der Waals surface area contributed by atoms with Gasteiger partial charge < -0.3 is 5.11 Å². The highest BCUT2D eigenvalue weighted by Crippen LogP contribution is 2.34. The molecule has 2 atom stereocenters. The highest BCUT2D eigenvalue weighted by Gasteiger charge is 2.26. The number of aliphatic carboxylic acids is 1. The third-order valence-corrected chi connectivity index (χ3v) is 2.73. The van der Waals surface area contributed by atoms with Gasteiger partial charge in [0.05, 0.1) is 0 Å². The molecule has 3 nitrogen and oxygen atoms in total. The molecule has 1 unspecified atom stereocenters. The lowest BCUT2D eigenvalue weighted by atomic mass is 9.92. The van der Waals surface area contributed by atoms with Crippen LogP contribution in [0.2, 0.25) is 0 Å². The van der Waals surface area contributed by atoms with Crippen LogP contribution in [0.15, 0.2) is 12.2 Å². The minimum absolute atomic E-state index is 0.0333. The molecule has 78 valence electrons. The molecule has 1 N–H and O–H groups in total. The second-order valence-electron chi connectivity index (χ2n) is 3.92. The summed E-state index contributed by atoms with van der Waals surface area (Å²) in [6.07, 6.45) is 6.73. The minimum atomic E-state index is -0.738. The average molecular weight is 196 g/mol. The fraction of sp³-hybridized carbons (Fsp3) is 0.636. The molecule has 0 aromatic rings. The van der Waals surface area contributed by atoms with E-state index < -0.39 is 5.97 Å². The van der Waals surface area contributed by atoms with Crippen LogP contribution in [0, 0.1) is 11.8 Å². The van der Waals surface area contributed by atoms with Gasteiger partial charge in [-0.15, -0.1) is 0 Å². The standard InChI is InChI=1S/C11H16O3/c1-8(12)5-6-9-3-2-4-10(9)7-11(13)14/h5-6,9-10H,2-4,7H2,1H3,(H,13,14)/b6-5+/t9?,10-/m1/s1. The summed E-state index contributed by atoms with van der Waals surface area (Å²) in [5, 5.41) is 8.68. The van der Waals surface area contributed by atoms with Gasteiger partial charge in [0.2, 0.25) is 0 Å². The van der Waals surface area contributed by atoms with Gasteiger partial charge in [0.1, 0.15) is 0 Å². The van der Waals surface area contributed by atoms with E-state index in [0.29, 0.717) is 0 Å². The van der Waals surface area contributed by atoms with Gasteiger partial charge >= 0.3 is 5.97 Å². The Kier molecular flexibility index (Phi) is 3.86. The first-order chi connectivity index (χ1) is 6.59. The molecule has 0 heterocycles. The van der Waals surface area contributed by atoms with Crippen molar-refractivity contribution in [2.45, 2.75) is 32.6 Å². The van der Waals surface area contributed by atoms with Crippen molar-refractivity contribution in [1.29, 1.82) is 0 Å². The highest BCUT2D eigenvalue weighted by molar-refractivity contribution is 5.87. The number of carbonyl (C=O) groups is 2. The fourth-order valence-corrected chi connectivity index (χ4v) is 2.06. The third kappa shape index (κ3) is 3.32. The molecule has 0 radical (unpaired) electrons. The average Bonchev–Trinajstić information content (AvgIpc) is 2.47. The van der Waals surface area contributed by atoms with Crippen LogP contribution >= 0.6 is 0 Å².